The number of aryl methyl sites for hydroxylation is 2. The van der Waals surface area contributed by atoms with Gasteiger partial charge in [-0.15, -0.1) is 13.2 Å². The second-order valence-corrected chi connectivity index (χ2v) is 6.99. The van der Waals surface area contributed by atoms with Gasteiger partial charge in [0.25, 0.3) is 0 Å². The first-order chi connectivity index (χ1) is 10.4. The molecular formula is C14H16BF7S. The molecule has 1 aromatic carbocycles. The van der Waals surface area contributed by atoms with Crippen LogP contribution in [-0.2, 0) is 11.9 Å². The van der Waals surface area contributed by atoms with Crippen LogP contribution in [0, 0.1) is 6.92 Å². The molecule has 0 amide bonds. The van der Waals surface area contributed by atoms with Crippen LogP contribution in [0.4, 0.5) is 30.4 Å². The number of halogens is 7. The summed E-state index contributed by atoms with van der Waals surface area (Å²) in [6.45, 7) is 3.87. The van der Waals surface area contributed by atoms with E-state index < -0.39 is 23.2 Å². The molecule has 0 radical (unpaired) electrons. The second kappa shape index (κ2) is 7.55. The van der Waals surface area contributed by atoms with Gasteiger partial charge in [-0.25, -0.2) is 0 Å². The van der Waals surface area contributed by atoms with Crippen LogP contribution in [0.2, 0.25) is 0 Å². The molecule has 2 aromatic rings. The Morgan fingerprint density at radius 2 is 1.65 bits per heavy atom. The molecule has 0 nitrogen and oxygen atoms in total. The molecule has 0 bridgehead atoms. The highest BCUT2D eigenvalue weighted by atomic mass is 32.2. The highest BCUT2D eigenvalue weighted by Crippen LogP contribution is 2.51. The quantitative estimate of drug-likeness (QED) is 0.314. The number of rotatable bonds is 3. The van der Waals surface area contributed by atoms with Gasteiger partial charge < -0.3 is 17.3 Å². The van der Waals surface area contributed by atoms with E-state index in [1.54, 1.807) is 18.2 Å². The second-order valence-electron chi connectivity index (χ2n) is 4.95. The minimum absolute atomic E-state index is 0.452. The van der Waals surface area contributed by atoms with Crippen molar-refractivity contribution >= 4 is 27.8 Å². The van der Waals surface area contributed by atoms with Crippen molar-refractivity contribution in [1.82, 2.24) is 0 Å². The zero-order valence-electron chi connectivity index (χ0n) is 12.6. The van der Waals surface area contributed by atoms with Crippen molar-refractivity contribution in [2.24, 2.45) is 0 Å². The summed E-state index contributed by atoms with van der Waals surface area (Å²) in [5.41, 5.74) is -3.22. The lowest BCUT2D eigenvalue weighted by Gasteiger charge is -1.99. The fraction of sp³-hybridized carbons (Fsp3) is 0.429. The van der Waals surface area contributed by atoms with Crippen LogP contribution in [0.5, 0.6) is 0 Å². The van der Waals surface area contributed by atoms with E-state index in [0.29, 0.717) is 16.0 Å². The highest BCUT2D eigenvalue weighted by molar-refractivity contribution is 7.38. The third kappa shape index (κ3) is 6.04. The van der Waals surface area contributed by atoms with E-state index in [9.17, 15) is 30.4 Å². The fourth-order valence-electron chi connectivity index (χ4n) is 2.18. The maximum Gasteiger partial charge on any atom is 0.673 e. The predicted octanol–water partition coefficient (Wildman–Crippen LogP) is 7.02. The molecule has 9 heteroatoms. The van der Waals surface area contributed by atoms with E-state index in [-0.39, 0.29) is 0 Å². The lowest BCUT2D eigenvalue weighted by molar-refractivity contribution is -0.0867. The summed E-state index contributed by atoms with van der Waals surface area (Å²) in [5.74, 6) is 0. The largest absolute Gasteiger partial charge is 0.673 e. The lowest BCUT2D eigenvalue weighted by atomic mass is 10.1. The van der Waals surface area contributed by atoms with Crippen molar-refractivity contribution in [3.05, 3.63) is 34.7 Å². The van der Waals surface area contributed by atoms with Crippen LogP contribution < -0.4 is 0 Å². The van der Waals surface area contributed by atoms with Crippen LogP contribution in [0.1, 0.15) is 30.2 Å². The first kappa shape index (κ1) is 19.8. The number of benzene rings is 1. The fourth-order valence-corrected chi connectivity index (χ4v) is 4.24. The summed E-state index contributed by atoms with van der Waals surface area (Å²) in [7, 11) is -7.71. The standard InChI is InChI=1S/C14H16F3S.BF4/c1-3-4-7-11-9-12-10(2)6-5-8-13(12)18(11)14(15,16)17;2-1(3,4)5/h5-6,8-9H,3-4,7H2,1-2H3;/q+1;-1. The van der Waals surface area contributed by atoms with Crippen LogP contribution in [-0.4, -0.2) is 7.25 Å². The first-order valence-electron chi connectivity index (χ1n) is 6.93. The van der Waals surface area contributed by atoms with Gasteiger partial charge in [0.1, 0.15) is 0 Å². The van der Waals surface area contributed by atoms with Gasteiger partial charge in [0.15, 0.2) is 9.58 Å². The normalized spacial score (nSPS) is 13.0. The minimum Gasteiger partial charge on any atom is -0.418 e. The Bertz CT molecular complexity index is 637. The van der Waals surface area contributed by atoms with Crippen molar-refractivity contribution < 1.29 is 30.4 Å². The maximum atomic E-state index is 13.2. The highest BCUT2D eigenvalue weighted by Gasteiger charge is 2.47. The van der Waals surface area contributed by atoms with Gasteiger partial charge in [-0.1, -0.05) is 25.5 Å². The van der Waals surface area contributed by atoms with Crippen LogP contribution >= 0.6 is 10.5 Å². The predicted molar refractivity (Wildman–Crippen MR) is 81.3 cm³/mol. The summed E-state index contributed by atoms with van der Waals surface area (Å²) < 4.78 is 79.1. The van der Waals surface area contributed by atoms with Gasteiger partial charge in [0.2, 0.25) is 0 Å². The van der Waals surface area contributed by atoms with E-state index in [1.165, 1.54) is 0 Å². The molecule has 0 aliphatic rings. The molecule has 2 rings (SSSR count). The van der Waals surface area contributed by atoms with Crippen molar-refractivity contribution in [1.29, 1.82) is 0 Å². The van der Waals surface area contributed by atoms with Crippen LogP contribution in [0.3, 0.4) is 0 Å². The summed E-state index contributed by atoms with van der Waals surface area (Å²) in [6, 6.07) is 6.97. The average molecular weight is 360 g/mol. The molecule has 1 unspecified atom stereocenters. The van der Waals surface area contributed by atoms with Crippen molar-refractivity contribution in [2.75, 3.05) is 0 Å². The first-order valence-corrected chi connectivity index (χ1v) is 8.16. The van der Waals surface area contributed by atoms with Gasteiger partial charge in [-0.2, -0.15) is 0 Å². The molecule has 0 fully saturated rings. The molecule has 1 heterocycles. The molecule has 130 valence electrons. The smallest absolute Gasteiger partial charge is 0.418 e. The van der Waals surface area contributed by atoms with Gasteiger partial charge in [-0.05, 0) is 25.0 Å². The molecule has 0 spiro atoms. The average Bonchev–Trinajstić information content (AvgIpc) is 2.74. The van der Waals surface area contributed by atoms with E-state index in [0.717, 1.165) is 23.8 Å². The summed E-state index contributed by atoms with van der Waals surface area (Å²) in [6.07, 6.45) is 2.29. The van der Waals surface area contributed by atoms with Gasteiger partial charge >= 0.3 is 12.8 Å². The van der Waals surface area contributed by atoms with E-state index in [4.69, 9.17) is 0 Å². The number of hydrogen-bond donors (Lipinski definition) is 0. The molecule has 0 aliphatic heterocycles. The zero-order chi connectivity index (χ0) is 17.8. The van der Waals surface area contributed by atoms with Crippen LogP contribution in [0.25, 0.3) is 10.1 Å². The number of hydrogen-bond acceptors (Lipinski definition) is 0. The van der Waals surface area contributed by atoms with Crippen molar-refractivity contribution in [3.8, 4) is 0 Å². The summed E-state index contributed by atoms with van der Waals surface area (Å²) in [5, 5.41) is 0.782. The topological polar surface area (TPSA) is 0 Å². The van der Waals surface area contributed by atoms with Gasteiger partial charge in [0, 0.05) is 17.9 Å². The monoisotopic (exact) mass is 360 g/mol. The SMILES string of the molecule is CCCCc1cc2c(C)cccc2[s+]1C(F)(F)F.F[B-](F)(F)F. The molecule has 0 saturated heterocycles. The minimum atomic E-state index is -6.00. The third-order valence-corrected chi connectivity index (χ3v) is 5.18. The maximum absolute atomic E-state index is 13.2. The molecule has 0 N–H and O–H groups in total. The Morgan fingerprint density at radius 1 is 1.09 bits per heavy atom. The molecule has 0 saturated carbocycles. The molecule has 23 heavy (non-hydrogen) atoms. The number of fused-ring (bicyclic) bond motifs is 1. The lowest BCUT2D eigenvalue weighted by Crippen LogP contribution is -2.02. The number of unbranched alkanes of at least 4 members (excludes halogenated alkanes) is 1. The summed E-state index contributed by atoms with van der Waals surface area (Å²) >= 11 is 0. The zero-order valence-corrected chi connectivity index (χ0v) is 13.4. The number of alkyl halides is 3. The van der Waals surface area contributed by atoms with Gasteiger partial charge in [-0.3, -0.25) is 0 Å². The van der Waals surface area contributed by atoms with Crippen LogP contribution in [0.15, 0.2) is 24.3 Å². The van der Waals surface area contributed by atoms with Crippen molar-refractivity contribution in [3.63, 3.8) is 0 Å². The number of thiophene rings is 1. The molecule has 0 aliphatic carbocycles. The van der Waals surface area contributed by atoms with E-state index in [1.807, 2.05) is 19.9 Å². The third-order valence-electron chi connectivity index (χ3n) is 3.08. The molecular weight excluding hydrogens is 344 g/mol. The Morgan fingerprint density at radius 3 is 2.13 bits per heavy atom. The molecule has 1 atom stereocenters. The van der Waals surface area contributed by atoms with E-state index >= 15 is 0 Å². The Hall–Kier alpha value is -1.25. The Labute approximate surface area is 132 Å². The summed E-state index contributed by atoms with van der Waals surface area (Å²) in [4.78, 5) is 0.550. The van der Waals surface area contributed by atoms with Gasteiger partial charge in [0.05, 0.1) is 10.5 Å². The Balaban J connectivity index is 0.000000463. The molecule has 1 aromatic heterocycles. The van der Waals surface area contributed by atoms with Crippen molar-refractivity contribution in [2.45, 2.75) is 38.6 Å². The Kier molecular flexibility index (Phi) is 6.50. The van der Waals surface area contributed by atoms with E-state index in [2.05, 4.69) is 0 Å².